The summed E-state index contributed by atoms with van der Waals surface area (Å²) in [6.07, 6.45) is 0.833. The Balaban J connectivity index is 2.60. The van der Waals surface area contributed by atoms with Crippen molar-refractivity contribution in [2.75, 3.05) is 12.3 Å². The number of nitrogens with two attached hydrogens (primary N) is 1. The summed E-state index contributed by atoms with van der Waals surface area (Å²) in [4.78, 5) is 13.3. The van der Waals surface area contributed by atoms with Crippen LogP contribution in [0.1, 0.15) is 29.1 Å². The van der Waals surface area contributed by atoms with Crippen LogP contribution in [0.2, 0.25) is 0 Å². The van der Waals surface area contributed by atoms with Gasteiger partial charge in [-0.15, -0.1) is 11.3 Å². The van der Waals surface area contributed by atoms with Crippen LogP contribution in [-0.4, -0.2) is 12.6 Å². The van der Waals surface area contributed by atoms with Crippen molar-refractivity contribution < 1.29 is 9.53 Å². The van der Waals surface area contributed by atoms with Gasteiger partial charge < -0.3 is 10.5 Å². The highest BCUT2D eigenvalue weighted by Gasteiger charge is 2.23. The maximum Gasteiger partial charge on any atom is 0.341 e. The SMILES string of the molecule is CCOC(=O)c1c(N)sc(CC)c1-c1ccc(Br)cc1. The van der Waals surface area contributed by atoms with E-state index in [0.29, 0.717) is 17.2 Å². The van der Waals surface area contributed by atoms with Crippen molar-refractivity contribution in [3.05, 3.63) is 39.2 Å². The van der Waals surface area contributed by atoms with Crippen LogP contribution < -0.4 is 5.73 Å². The topological polar surface area (TPSA) is 52.3 Å². The van der Waals surface area contributed by atoms with Crippen LogP contribution in [0.4, 0.5) is 5.00 Å². The number of halogens is 1. The van der Waals surface area contributed by atoms with Crippen molar-refractivity contribution in [3.63, 3.8) is 0 Å². The largest absolute Gasteiger partial charge is 0.462 e. The molecule has 0 radical (unpaired) electrons. The number of esters is 1. The van der Waals surface area contributed by atoms with Gasteiger partial charge in [0.05, 0.1) is 6.61 Å². The Kier molecular flexibility index (Phi) is 4.83. The molecule has 0 aliphatic rings. The Morgan fingerprint density at radius 2 is 1.95 bits per heavy atom. The molecule has 0 saturated heterocycles. The molecule has 0 fully saturated rings. The molecule has 0 spiro atoms. The predicted octanol–water partition coefficient (Wildman–Crippen LogP) is 4.50. The first-order chi connectivity index (χ1) is 9.58. The van der Waals surface area contributed by atoms with Crippen molar-refractivity contribution in [3.8, 4) is 11.1 Å². The van der Waals surface area contributed by atoms with Gasteiger partial charge in [-0.3, -0.25) is 0 Å². The summed E-state index contributed by atoms with van der Waals surface area (Å²) in [5, 5.41) is 0.526. The molecule has 2 rings (SSSR count). The second-order valence-electron chi connectivity index (χ2n) is 4.22. The Hall–Kier alpha value is -1.33. The molecule has 0 aliphatic heterocycles. The molecule has 0 atom stereocenters. The van der Waals surface area contributed by atoms with Gasteiger partial charge in [-0.05, 0) is 31.0 Å². The lowest BCUT2D eigenvalue weighted by molar-refractivity contribution is 0.0529. The van der Waals surface area contributed by atoms with Crippen LogP contribution in [0.5, 0.6) is 0 Å². The zero-order valence-electron chi connectivity index (χ0n) is 11.4. The number of hydrogen-bond acceptors (Lipinski definition) is 4. The van der Waals surface area contributed by atoms with Crippen LogP contribution in [0.15, 0.2) is 28.7 Å². The van der Waals surface area contributed by atoms with E-state index in [-0.39, 0.29) is 5.97 Å². The normalized spacial score (nSPS) is 10.6. The molecular formula is C15H16BrNO2S. The third-order valence-corrected chi connectivity index (χ3v) is 4.63. The van der Waals surface area contributed by atoms with Crippen molar-refractivity contribution in [1.82, 2.24) is 0 Å². The van der Waals surface area contributed by atoms with Gasteiger partial charge in [0.25, 0.3) is 0 Å². The maximum absolute atomic E-state index is 12.2. The number of hydrogen-bond donors (Lipinski definition) is 1. The number of aryl methyl sites for hydroxylation is 1. The third-order valence-electron chi connectivity index (χ3n) is 2.94. The average molecular weight is 354 g/mol. The molecule has 0 bridgehead atoms. The standard InChI is InChI=1S/C15H16BrNO2S/c1-3-11-12(9-5-7-10(16)8-6-9)13(14(17)20-11)15(18)19-4-2/h5-8H,3-4,17H2,1-2H3. The van der Waals surface area contributed by atoms with E-state index in [2.05, 4.69) is 22.9 Å². The number of carbonyl (C=O) groups excluding carboxylic acids is 1. The third kappa shape index (κ3) is 2.88. The maximum atomic E-state index is 12.2. The molecule has 1 aromatic heterocycles. The van der Waals surface area contributed by atoms with Gasteiger partial charge in [0.2, 0.25) is 0 Å². The Labute approximate surface area is 130 Å². The molecular weight excluding hydrogens is 338 g/mol. The molecule has 2 aromatic rings. The van der Waals surface area contributed by atoms with Crippen molar-refractivity contribution >= 4 is 38.2 Å². The molecule has 0 amide bonds. The highest BCUT2D eigenvalue weighted by Crippen LogP contribution is 2.39. The van der Waals surface area contributed by atoms with Gasteiger partial charge in [0, 0.05) is 14.9 Å². The van der Waals surface area contributed by atoms with E-state index in [0.717, 1.165) is 26.9 Å². The van der Waals surface area contributed by atoms with E-state index in [1.54, 1.807) is 6.92 Å². The highest BCUT2D eigenvalue weighted by molar-refractivity contribution is 9.10. The lowest BCUT2D eigenvalue weighted by atomic mass is 10.0. The monoisotopic (exact) mass is 353 g/mol. The van der Waals surface area contributed by atoms with Gasteiger partial charge in [-0.25, -0.2) is 4.79 Å². The van der Waals surface area contributed by atoms with Gasteiger partial charge >= 0.3 is 5.97 Å². The lowest BCUT2D eigenvalue weighted by Gasteiger charge is -2.07. The van der Waals surface area contributed by atoms with Crippen LogP contribution in [-0.2, 0) is 11.2 Å². The molecule has 2 N–H and O–H groups in total. The first-order valence-corrected chi connectivity index (χ1v) is 8.03. The van der Waals surface area contributed by atoms with Gasteiger partial charge in [-0.2, -0.15) is 0 Å². The molecule has 1 heterocycles. The fraction of sp³-hybridized carbons (Fsp3) is 0.267. The van der Waals surface area contributed by atoms with E-state index < -0.39 is 0 Å². The fourth-order valence-corrected chi connectivity index (χ4v) is 3.36. The second kappa shape index (κ2) is 6.41. The zero-order valence-corrected chi connectivity index (χ0v) is 13.8. The van der Waals surface area contributed by atoms with E-state index in [1.807, 2.05) is 24.3 Å². The summed E-state index contributed by atoms with van der Waals surface area (Å²) < 4.78 is 6.13. The summed E-state index contributed by atoms with van der Waals surface area (Å²) in [5.74, 6) is -0.348. The number of thiophene rings is 1. The number of ether oxygens (including phenoxy) is 1. The number of nitrogen functional groups attached to an aromatic ring is 1. The molecule has 5 heteroatoms. The molecule has 0 saturated carbocycles. The number of anilines is 1. The zero-order chi connectivity index (χ0) is 14.7. The van der Waals surface area contributed by atoms with Crippen molar-refractivity contribution in [1.29, 1.82) is 0 Å². The van der Waals surface area contributed by atoms with Crippen LogP contribution in [0, 0.1) is 0 Å². The minimum absolute atomic E-state index is 0.343. The average Bonchev–Trinajstić information content (AvgIpc) is 2.76. The van der Waals surface area contributed by atoms with Gasteiger partial charge in [0.1, 0.15) is 10.6 Å². The number of rotatable bonds is 4. The van der Waals surface area contributed by atoms with E-state index >= 15 is 0 Å². The van der Waals surface area contributed by atoms with Crippen LogP contribution in [0.3, 0.4) is 0 Å². The smallest absolute Gasteiger partial charge is 0.341 e. The lowest BCUT2D eigenvalue weighted by Crippen LogP contribution is -2.07. The first-order valence-electron chi connectivity index (χ1n) is 6.42. The summed E-state index contributed by atoms with van der Waals surface area (Å²) in [7, 11) is 0. The molecule has 0 aliphatic carbocycles. The van der Waals surface area contributed by atoms with Gasteiger partial charge in [-0.1, -0.05) is 35.0 Å². The summed E-state index contributed by atoms with van der Waals surface area (Å²) in [6, 6.07) is 7.87. The summed E-state index contributed by atoms with van der Waals surface area (Å²) in [5.41, 5.74) is 8.41. The van der Waals surface area contributed by atoms with E-state index in [1.165, 1.54) is 11.3 Å². The quantitative estimate of drug-likeness (QED) is 0.823. The number of benzene rings is 1. The Morgan fingerprint density at radius 1 is 1.30 bits per heavy atom. The minimum atomic E-state index is -0.348. The molecule has 20 heavy (non-hydrogen) atoms. The second-order valence-corrected chi connectivity index (χ2v) is 6.27. The molecule has 3 nitrogen and oxygen atoms in total. The van der Waals surface area contributed by atoms with Crippen molar-refractivity contribution in [2.24, 2.45) is 0 Å². The van der Waals surface area contributed by atoms with E-state index in [4.69, 9.17) is 10.5 Å². The molecule has 106 valence electrons. The predicted molar refractivity (Wildman–Crippen MR) is 87.2 cm³/mol. The highest BCUT2D eigenvalue weighted by atomic mass is 79.9. The van der Waals surface area contributed by atoms with Gasteiger partial charge in [0.15, 0.2) is 0 Å². The Morgan fingerprint density at radius 3 is 2.50 bits per heavy atom. The summed E-state index contributed by atoms with van der Waals surface area (Å²) >= 11 is 4.88. The fourth-order valence-electron chi connectivity index (χ4n) is 2.07. The molecule has 1 aromatic carbocycles. The van der Waals surface area contributed by atoms with Crippen molar-refractivity contribution in [2.45, 2.75) is 20.3 Å². The van der Waals surface area contributed by atoms with Crippen LogP contribution in [0.25, 0.3) is 11.1 Å². The molecule has 0 unspecified atom stereocenters. The summed E-state index contributed by atoms with van der Waals surface area (Å²) in [6.45, 7) is 4.19. The van der Waals surface area contributed by atoms with E-state index in [9.17, 15) is 4.79 Å². The van der Waals surface area contributed by atoms with Crippen LogP contribution >= 0.6 is 27.3 Å². The first kappa shape index (κ1) is 15.1. The Bertz CT molecular complexity index is 620. The minimum Gasteiger partial charge on any atom is -0.462 e. The number of carbonyl (C=O) groups is 1.